The van der Waals surface area contributed by atoms with E-state index in [-0.39, 0.29) is 43.1 Å². The minimum absolute atomic E-state index is 0.0178. The zero-order valence-electron chi connectivity index (χ0n) is 23.0. The summed E-state index contributed by atoms with van der Waals surface area (Å²) < 4.78 is 21.3. The Morgan fingerprint density at radius 1 is 0.949 bits per heavy atom. The highest BCUT2D eigenvalue weighted by Crippen LogP contribution is 2.39. The first-order valence-corrected chi connectivity index (χ1v) is 13.3. The maximum absolute atomic E-state index is 13.2. The lowest BCUT2D eigenvalue weighted by Crippen LogP contribution is -2.58. The summed E-state index contributed by atoms with van der Waals surface area (Å²) in [6, 6.07) is 10.5. The molecule has 2 aromatic rings. The summed E-state index contributed by atoms with van der Waals surface area (Å²) in [6.45, 7) is 2.23. The van der Waals surface area contributed by atoms with E-state index in [4.69, 9.17) is 18.9 Å². The number of ether oxygens (including phenoxy) is 4. The van der Waals surface area contributed by atoms with Gasteiger partial charge >= 0.3 is 5.97 Å². The first kappa shape index (κ1) is 28.2. The zero-order valence-corrected chi connectivity index (χ0v) is 23.0. The summed E-state index contributed by atoms with van der Waals surface area (Å²) in [5.74, 6) is 0.424. The standard InChI is InChI=1S/C29H37N3O7/c1-5-39-29(35)22-11-6-7-12-23(22)31-26(33)17-32-20-9-8-10-21(32)16-19(15-20)30-28(34)18-13-24(36-2)27(38-4)25(14-18)37-3/h6-7,11-14,19-21H,5,8-10,15-17H2,1-4H3,(H,30,34)(H,31,33)/t19?,20-,21+. The molecular formula is C29H37N3O7. The Morgan fingerprint density at radius 3 is 2.18 bits per heavy atom. The molecule has 2 saturated heterocycles. The Bertz CT molecular complexity index is 1160. The molecule has 4 rings (SSSR count). The van der Waals surface area contributed by atoms with Crippen molar-refractivity contribution >= 4 is 23.5 Å². The molecule has 0 saturated carbocycles. The van der Waals surface area contributed by atoms with E-state index in [1.807, 2.05) is 0 Å². The van der Waals surface area contributed by atoms with Gasteiger partial charge < -0.3 is 29.6 Å². The van der Waals surface area contributed by atoms with Crippen LogP contribution in [0.25, 0.3) is 0 Å². The van der Waals surface area contributed by atoms with Crippen molar-refractivity contribution in [3.8, 4) is 17.2 Å². The molecule has 0 aromatic heterocycles. The molecule has 2 fully saturated rings. The molecule has 0 spiro atoms. The number of benzene rings is 2. The van der Waals surface area contributed by atoms with Crippen molar-refractivity contribution in [2.45, 2.75) is 57.2 Å². The summed E-state index contributed by atoms with van der Waals surface area (Å²) in [4.78, 5) is 40.8. The van der Waals surface area contributed by atoms with Crippen LogP contribution >= 0.6 is 0 Å². The summed E-state index contributed by atoms with van der Waals surface area (Å²) in [6.07, 6.45) is 4.50. The molecule has 0 radical (unpaired) electrons. The van der Waals surface area contributed by atoms with E-state index in [0.717, 1.165) is 32.1 Å². The quantitative estimate of drug-likeness (QED) is 0.440. The number of fused-ring (bicyclic) bond motifs is 2. The Hall–Kier alpha value is -3.79. The van der Waals surface area contributed by atoms with E-state index in [1.54, 1.807) is 43.3 Å². The third-order valence-corrected chi connectivity index (χ3v) is 7.41. The lowest BCUT2D eigenvalue weighted by Gasteiger charge is -2.48. The van der Waals surface area contributed by atoms with Gasteiger partial charge in [0.15, 0.2) is 11.5 Å². The Balaban J connectivity index is 1.40. The number of nitrogens with one attached hydrogen (secondary N) is 2. The highest BCUT2D eigenvalue weighted by molar-refractivity contribution is 6.01. The molecule has 2 heterocycles. The Kier molecular flexibility index (Phi) is 9.29. The predicted molar refractivity (Wildman–Crippen MR) is 146 cm³/mol. The largest absolute Gasteiger partial charge is 0.493 e. The van der Waals surface area contributed by atoms with Gasteiger partial charge in [-0.2, -0.15) is 0 Å². The van der Waals surface area contributed by atoms with Gasteiger partial charge in [0.2, 0.25) is 11.7 Å². The van der Waals surface area contributed by atoms with Crippen LogP contribution in [0.3, 0.4) is 0 Å². The fraction of sp³-hybridized carbons (Fsp3) is 0.483. The molecule has 10 heteroatoms. The van der Waals surface area contributed by atoms with Crippen molar-refractivity contribution < 1.29 is 33.3 Å². The second-order valence-electron chi connectivity index (χ2n) is 9.78. The van der Waals surface area contributed by atoms with Crippen molar-refractivity contribution in [3.05, 3.63) is 47.5 Å². The average molecular weight is 540 g/mol. The molecule has 0 aliphatic carbocycles. The van der Waals surface area contributed by atoms with Crippen molar-refractivity contribution in [1.82, 2.24) is 10.2 Å². The zero-order chi connectivity index (χ0) is 27.9. The molecule has 10 nitrogen and oxygen atoms in total. The lowest BCUT2D eigenvalue weighted by atomic mass is 9.81. The average Bonchev–Trinajstić information content (AvgIpc) is 2.92. The van der Waals surface area contributed by atoms with E-state index in [2.05, 4.69) is 15.5 Å². The summed E-state index contributed by atoms with van der Waals surface area (Å²) in [7, 11) is 4.55. The van der Waals surface area contributed by atoms with Crippen LogP contribution in [0.5, 0.6) is 17.2 Å². The molecule has 2 aliphatic rings. The van der Waals surface area contributed by atoms with Crippen LogP contribution in [-0.2, 0) is 9.53 Å². The predicted octanol–water partition coefficient (Wildman–Crippen LogP) is 3.64. The number of nitrogens with zero attached hydrogens (tertiary/aromatic N) is 1. The first-order valence-electron chi connectivity index (χ1n) is 13.3. The molecule has 2 aliphatic heterocycles. The van der Waals surface area contributed by atoms with Gasteiger partial charge in [-0.1, -0.05) is 18.6 Å². The van der Waals surface area contributed by atoms with Gasteiger partial charge in [-0.25, -0.2) is 4.79 Å². The Morgan fingerprint density at radius 2 is 1.59 bits per heavy atom. The topological polar surface area (TPSA) is 115 Å². The monoisotopic (exact) mass is 539 g/mol. The molecule has 2 amide bonds. The fourth-order valence-corrected chi connectivity index (χ4v) is 5.67. The number of hydrogen-bond acceptors (Lipinski definition) is 8. The van der Waals surface area contributed by atoms with Gasteiger partial charge in [-0.3, -0.25) is 14.5 Å². The summed E-state index contributed by atoms with van der Waals surface area (Å²) >= 11 is 0. The van der Waals surface area contributed by atoms with E-state index >= 15 is 0 Å². The molecular weight excluding hydrogens is 502 g/mol. The number of hydrogen-bond donors (Lipinski definition) is 2. The van der Waals surface area contributed by atoms with Crippen LogP contribution in [0.15, 0.2) is 36.4 Å². The number of carbonyl (C=O) groups excluding carboxylic acids is 3. The molecule has 39 heavy (non-hydrogen) atoms. The molecule has 210 valence electrons. The van der Waals surface area contributed by atoms with Gasteiger partial charge in [0, 0.05) is 23.7 Å². The third-order valence-electron chi connectivity index (χ3n) is 7.41. The van der Waals surface area contributed by atoms with E-state index in [0.29, 0.717) is 34.1 Å². The normalized spacial score (nSPS) is 20.5. The first-order chi connectivity index (χ1) is 18.9. The van der Waals surface area contributed by atoms with Gasteiger partial charge in [0.05, 0.1) is 45.7 Å². The van der Waals surface area contributed by atoms with Crippen LogP contribution in [-0.4, -0.2) is 75.3 Å². The fourth-order valence-electron chi connectivity index (χ4n) is 5.67. The second-order valence-corrected chi connectivity index (χ2v) is 9.78. The number of para-hydroxylation sites is 1. The summed E-state index contributed by atoms with van der Waals surface area (Å²) in [5.41, 5.74) is 1.21. The van der Waals surface area contributed by atoms with Crippen molar-refractivity contribution in [2.75, 3.05) is 39.8 Å². The van der Waals surface area contributed by atoms with Gasteiger partial charge in [-0.15, -0.1) is 0 Å². The highest BCUT2D eigenvalue weighted by atomic mass is 16.5. The number of rotatable bonds is 10. The molecule has 2 N–H and O–H groups in total. The lowest BCUT2D eigenvalue weighted by molar-refractivity contribution is -0.120. The smallest absolute Gasteiger partial charge is 0.340 e. The van der Waals surface area contributed by atoms with Crippen LogP contribution in [0.1, 0.15) is 59.7 Å². The van der Waals surface area contributed by atoms with Gasteiger partial charge in [0.25, 0.3) is 5.91 Å². The van der Waals surface area contributed by atoms with Crippen molar-refractivity contribution in [2.24, 2.45) is 0 Å². The molecule has 2 aromatic carbocycles. The second kappa shape index (κ2) is 12.8. The number of methoxy groups -OCH3 is 3. The summed E-state index contributed by atoms with van der Waals surface area (Å²) in [5, 5.41) is 6.08. The highest BCUT2D eigenvalue weighted by Gasteiger charge is 2.39. The maximum atomic E-state index is 13.2. The number of anilines is 1. The Labute approximate surface area is 228 Å². The van der Waals surface area contributed by atoms with Crippen molar-refractivity contribution in [1.29, 1.82) is 0 Å². The minimum atomic E-state index is -0.464. The van der Waals surface area contributed by atoms with Crippen LogP contribution in [0.2, 0.25) is 0 Å². The third kappa shape index (κ3) is 6.44. The minimum Gasteiger partial charge on any atom is -0.493 e. The van der Waals surface area contributed by atoms with Crippen LogP contribution < -0.4 is 24.8 Å². The molecule has 3 atom stereocenters. The van der Waals surface area contributed by atoms with E-state index in [9.17, 15) is 14.4 Å². The number of piperidine rings is 2. The SMILES string of the molecule is CCOC(=O)c1ccccc1NC(=O)CN1[C@@H]2CCC[C@H]1CC(NC(=O)c1cc(OC)c(OC)c(OC)c1)C2. The van der Waals surface area contributed by atoms with E-state index < -0.39 is 5.97 Å². The number of carbonyl (C=O) groups is 3. The van der Waals surface area contributed by atoms with Gasteiger partial charge in [-0.05, 0) is 56.9 Å². The molecule has 1 unspecified atom stereocenters. The van der Waals surface area contributed by atoms with Crippen molar-refractivity contribution in [3.63, 3.8) is 0 Å². The van der Waals surface area contributed by atoms with E-state index in [1.165, 1.54) is 21.3 Å². The number of esters is 1. The van der Waals surface area contributed by atoms with Crippen LogP contribution in [0.4, 0.5) is 5.69 Å². The maximum Gasteiger partial charge on any atom is 0.340 e. The number of amides is 2. The molecule has 2 bridgehead atoms. The van der Waals surface area contributed by atoms with Crippen LogP contribution in [0, 0.1) is 0 Å². The van der Waals surface area contributed by atoms with Gasteiger partial charge in [0.1, 0.15) is 0 Å².